The molecule has 2 heterocycles. The molecule has 1 unspecified atom stereocenters. The van der Waals surface area contributed by atoms with E-state index in [1.807, 2.05) is 4.90 Å². The summed E-state index contributed by atoms with van der Waals surface area (Å²) in [7, 11) is 0. The Balaban J connectivity index is 2.19. The van der Waals surface area contributed by atoms with E-state index >= 15 is 0 Å². The molecule has 2 rings (SSSR count). The van der Waals surface area contributed by atoms with E-state index in [2.05, 4.69) is 19.9 Å². The zero-order valence-corrected chi connectivity index (χ0v) is 12.8. The molecule has 106 valence electrons. The number of nitrogens with zero attached hydrogens (tertiary/aromatic N) is 1. The van der Waals surface area contributed by atoms with Crippen molar-refractivity contribution in [2.24, 2.45) is 5.73 Å². The molecule has 0 aromatic carbocycles. The van der Waals surface area contributed by atoms with Crippen molar-refractivity contribution in [3.8, 4) is 0 Å². The van der Waals surface area contributed by atoms with Gasteiger partial charge in [0.15, 0.2) is 0 Å². The van der Waals surface area contributed by atoms with E-state index in [1.165, 1.54) is 10.4 Å². The van der Waals surface area contributed by atoms with Crippen LogP contribution in [0.15, 0.2) is 6.07 Å². The topological polar surface area (TPSA) is 46.3 Å². The molecule has 1 aliphatic heterocycles. The van der Waals surface area contributed by atoms with Gasteiger partial charge in [-0.1, -0.05) is 20.3 Å². The summed E-state index contributed by atoms with van der Waals surface area (Å²) in [6.45, 7) is 5.79. The number of nitrogens with two attached hydrogens (primary N) is 1. The quantitative estimate of drug-likeness (QED) is 0.901. The smallest absolute Gasteiger partial charge is 0.264 e. The highest BCUT2D eigenvalue weighted by atomic mass is 32.1. The highest BCUT2D eigenvalue weighted by Crippen LogP contribution is 2.28. The van der Waals surface area contributed by atoms with Gasteiger partial charge in [0.25, 0.3) is 5.91 Å². The van der Waals surface area contributed by atoms with Crippen LogP contribution in [0.2, 0.25) is 0 Å². The average Bonchev–Trinajstić information content (AvgIpc) is 3.04. The van der Waals surface area contributed by atoms with Gasteiger partial charge in [-0.15, -0.1) is 11.3 Å². The highest BCUT2D eigenvalue weighted by Gasteiger charge is 2.29. The van der Waals surface area contributed by atoms with Crippen LogP contribution in [0.5, 0.6) is 0 Å². The Kier molecular flexibility index (Phi) is 4.99. The number of amides is 1. The molecule has 1 aromatic rings. The van der Waals surface area contributed by atoms with E-state index in [4.69, 9.17) is 5.73 Å². The molecular formula is C15H24N2OS. The monoisotopic (exact) mass is 280 g/mol. The van der Waals surface area contributed by atoms with Gasteiger partial charge in [0.1, 0.15) is 0 Å². The van der Waals surface area contributed by atoms with Crippen molar-refractivity contribution in [1.29, 1.82) is 0 Å². The van der Waals surface area contributed by atoms with Crippen LogP contribution in [0.25, 0.3) is 0 Å². The molecule has 0 radical (unpaired) electrons. The summed E-state index contributed by atoms with van der Waals surface area (Å²) in [6, 6.07) is 2.35. The minimum Gasteiger partial charge on any atom is -0.334 e. The lowest BCUT2D eigenvalue weighted by molar-refractivity contribution is 0.0746. The Hall–Kier alpha value is -0.870. The minimum atomic E-state index is 0.190. The number of aryl methyl sites for hydroxylation is 2. The third kappa shape index (κ3) is 3.00. The summed E-state index contributed by atoms with van der Waals surface area (Å²) in [5.74, 6) is 0.190. The molecule has 0 aliphatic carbocycles. The molecule has 1 aliphatic rings. The molecule has 19 heavy (non-hydrogen) atoms. The predicted octanol–water partition coefficient (Wildman–Crippen LogP) is 2.83. The second-order valence-electron chi connectivity index (χ2n) is 5.19. The Morgan fingerprint density at radius 3 is 2.95 bits per heavy atom. The van der Waals surface area contributed by atoms with Crippen molar-refractivity contribution >= 4 is 17.2 Å². The molecule has 1 fully saturated rings. The number of likely N-dealkylation sites (tertiary alicyclic amines) is 1. The molecule has 1 amide bonds. The van der Waals surface area contributed by atoms with Crippen LogP contribution >= 0.6 is 11.3 Å². The first kappa shape index (κ1) is 14.5. The molecule has 4 heteroatoms. The second-order valence-corrected chi connectivity index (χ2v) is 6.33. The van der Waals surface area contributed by atoms with Crippen LogP contribution in [0.1, 0.15) is 53.2 Å². The van der Waals surface area contributed by atoms with Crippen LogP contribution < -0.4 is 5.73 Å². The Morgan fingerprint density at radius 1 is 1.53 bits per heavy atom. The molecule has 0 saturated carbocycles. The summed E-state index contributed by atoms with van der Waals surface area (Å²) in [6.07, 6.45) is 5.37. The van der Waals surface area contributed by atoms with Gasteiger partial charge in [0, 0.05) is 24.0 Å². The summed E-state index contributed by atoms with van der Waals surface area (Å²) >= 11 is 1.68. The maximum atomic E-state index is 12.6. The van der Waals surface area contributed by atoms with Gasteiger partial charge in [-0.3, -0.25) is 4.79 Å². The molecule has 1 aromatic heterocycles. The fraction of sp³-hybridized carbons (Fsp3) is 0.667. The maximum absolute atomic E-state index is 12.6. The van der Waals surface area contributed by atoms with Crippen molar-refractivity contribution < 1.29 is 4.79 Å². The van der Waals surface area contributed by atoms with Crippen molar-refractivity contribution in [1.82, 2.24) is 4.90 Å². The SMILES string of the molecule is CCCc1sc(C(=O)N2CCCC2CN)cc1CC. The molecule has 3 nitrogen and oxygen atoms in total. The number of hydrogen-bond acceptors (Lipinski definition) is 3. The van der Waals surface area contributed by atoms with E-state index in [1.54, 1.807) is 11.3 Å². The van der Waals surface area contributed by atoms with Gasteiger partial charge in [0.2, 0.25) is 0 Å². The van der Waals surface area contributed by atoms with Crippen LogP contribution in [0.4, 0.5) is 0 Å². The Morgan fingerprint density at radius 2 is 2.32 bits per heavy atom. The zero-order chi connectivity index (χ0) is 13.8. The van der Waals surface area contributed by atoms with Crippen LogP contribution in [0, 0.1) is 0 Å². The molecule has 1 saturated heterocycles. The molecular weight excluding hydrogens is 256 g/mol. The van der Waals surface area contributed by atoms with E-state index in [9.17, 15) is 4.79 Å². The Bertz CT molecular complexity index is 441. The first-order valence-corrected chi connectivity index (χ1v) is 8.15. The lowest BCUT2D eigenvalue weighted by Crippen LogP contribution is -2.39. The third-order valence-electron chi connectivity index (χ3n) is 3.88. The summed E-state index contributed by atoms with van der Waals surface area (Å²) in [4.78, 5) is 16.8. The van der Waals surface area contributed by atoms with Crippen molar-refractivity contribution in [3.63, 3.8) is 0 Å². The molecule has 0 bridgehead atoms. The van der Waals surface area contributed by atoms with Gasteiger partial charge in [-0.05, 0) is 37.3 Å². The standard InChI is InChI=1S/C15H24N2OS/c1-3-6-13-11(4-2)9-14(19-13)15(18)17-8-5-7-12(17)10-16/h9,12H,3-8,10,16H2,1-2H3. The second kappa shape index (κ2) is 6.53. The minimum absolute atomic E-state index is 0.190. The number of hydrogen-bond donors (Lipinski definition) is 1. The van der Waals surface area contributed by atoms with Gasteiger partial charge < -0.3 is 10.6 Å². The lowest BCUT2D eigenvalue weighted by atomic mass is 10.1. The van der Waals surface area contributed by atoms with E-state index in [0.717, 1.165) is 43.5 Å². The van der Waals surface area contributed by atoms with Gasteiger partial charge in [-0.25, -0.2) is 0 Å². The predicted molar refractivity (Wildman–Crippen MR) is 80.8 cm³/mol. The van der Waals surface area contributed by atoms with Crippen LogP contribution in [-0.4, -0.2) is 29.9 Å². The van der Waals surface area contributed by atoms with Crippen LogP contribution in [-0.2, 0) is 12.8 Å². The number of thiophene rings is 1. The summed E-state index contributed by atoms with van der Waals surface area (Å²) in [5, 5.41) is 0. The molecule has 2 N–H and O–H groups in total. The van der Waals surface area contributed by atoms with E-state index < -0.39 is 0 Å². The maximum Gasteiger partial charge on any atom is 0.264 e. The van der Waals surface area contributed by atoms with E-state index in [0.29, 0.717) is 6.54 Å². The largest absolute Gasteiger partial charge is 0.334 e. The third-order valence-corrected chi connectivity index (χ3v) is 5.10. The molecule has 1 atom stereocenters. The summed E-state index contributed by atoms with van der Waals surface area (Å²) in [5.41, 5.74) is 7.10. The fourth-order valence-corrected chi connectivity index (χ4v) is 4.11. The number of carbonyl (C=O) groups is 1. The number of carbonyl (C=O) groups excluding carboxylic acids is 1. The first-order chi connectivity index (χ1) is 9.21. The number of rotatable bonds is 5. The normalized spacial score (nSPS) is 19.1. The first-order valence-electron chi connectivity index (χ1n) is 7.33. The van der Waals surface area contributed by atoms with Gasteiger partial charge in [-0.2, -0.15) is 0 Å². The van der Waals surface area contributed by atoms with Crippen LogP contribution in [0.3, 0.4) is 0 Å². The summed E-state index contributed by atoms with van der Waals surface area (Å²) < 4.78 is 0. The highest BCUT2D eigenvalue weighted by molar-refractivity contribution is 7.14. The van der Waals surface area contributed by atoms with Crippen molar-refractivity contribution in [2.45, 2.75) is 52.0 Å². The van der Waals surface area contributed by atoms with Gasteiger partial charge in [0.05, 0.1) is 4.88 Å². The fourth-order valence-electron chi connectivity index (χ4n) is 2.80. The van der Waals surface area contributed by atoms with Crippen molar-refractivity contribution in [2.75, 3.05) is 13.1 Å². The lowest BCUT2D eigenvalue weighted by Gasteiger charge is -2.22. The average molecular weight is 280 g/mol. The Labute approximate surface area is 119 Å². The van der Waals surface area contributed by atoms with Crippen molar-refractivity contribution in [3.05, 3.63) is 21.4 Å². The molecule has 0 spiro atoms. The van der Waals surface area contributed by atoms with Gasteiger partial charge >= 0.3 is 0 Å². The zero-order valence-electron chi connectivity index (χ0n) is 11.9. The van der Waals surface area contributed by atoms with E-state index in [-0.39, 0.29) is 11.9 Å².